The van der Waals surface area contributed by atoms with E-state index in [-0.39, 0.29) is 6.03 Å². The number of urea groups is 1. The van der Waals surface area contributed by atoms with E-state index < -0.39 is 0 Å². The van der Waals surface area contributed by atoms with Crippen molar-refractivity contribution in [2.75, 3.05) is 18.5 Å². The molecule has 0 radical (unpaired) electrons. The summed E-state index contributed by atoms with van der Waals surface area (Å²) >= 11 is 0. The molecular formula is C19H21N3O2. The summed E-state index contributed by atoms with van der Waals surface area (Å²) < 4.78 is 5.50. The van der Waals surface area contributed by atoms with E-state index in [1.165, 1.54) is 10.9 Å². The van der Waals surface area contributed by atoms with Gasteiger partial charge >= 0.3 is 6.03 Å². The number of hydrogen-bond donors (Lipinski definition) is 3. The summed E-state index contributed by atoms with van der Waals surface area (Å²) in [6, 6.07) is 15.3. The highest BCUT2D eigenvalue weighted by Gasteiger charge is 2.07. The summed E-state index contributed by atoms with van der Waals surface area (Å²) in [6.45, 7) is 3.03. The number of carbonyl (C=O) groups is 1. The van der Waals surface area contributed by atoms with Gasteiger partial charge in [-0.2, -0.15) is 0 Å². The van der Waals surface area contributed by atoms with Gasteiger partial charge in [0.2, 0.25) is 0 Å². The molecule has 0 spiro atoms. The SMILES string of the molecule is CCOc1ccccc1NC(=O)NCCc1c[nH]c2ccccc12. The van der Waals surface area contributed by atoms with Crippen LogP contribution < -0.4 is 15.4 Å². The zero-order valence-electron chi connectivity index (χ0n) is 13.6. The zero-order valence-corrected chi connectivity index (χ0v) is 13.6. The van der Waals surface area contributed by atoms with Crippen molar-refractivity contribution in [3.63, 3.8) is 0 Å². The number of fused-ring (bicyclic) bond motifs is 1. The van der Waals surface area contributed by atoms with Gasteiger partial charge in [0.05, 0.1) is 12.3 Å². The molecule has 3 N–H and O–H groups in total. The van der Waals surface area contributed by atoms with Crippen LogP contribution in [0.2, 0.25) is 0 Å². The monoisotopic (exact) mass is 323 g/mol. The first-order valence-corrected chi connectivity index (χ1v) is 8.09. The van der Waals surface area contributed by atoms with Crippen LogP contribution in [0.1, 0.15) is 12.5 Å². The van der Waals surface area contributed by atoms with Gasteiger partial charge in [-0.25, -0.2) is 4.79 Å². The van der Waals surface area contributed by atoms with Crippen LogP contribution in [0.3, 0.4) is 0 Å². The molecule has 0 saturated heterocycles. The Labute approximate surface area is 141 Å². The van der Waals surface area contributed by atoms with Gasteiger partial charge in [-0.3, -0.25) is 0 Å². The molecule has 24 heavy (non-hydrogen) atoms. The number of para-hydroxylation sites is 3. The molecule has 0 aliphatic heterocycles. The molecule has 0 aliphatic rings. The molecule has 0 aliphatic carbocycles. The molecule has 124 valence electrons. The van der Waals surface area contributed by atoms with Gasteiger partial charge in [0.1, 0.15) is 5.75 Å². The summed E-state index contributed by atoms with van der Waals surface area (Å²) in [4.78, 5) is 15.3. The molecule has 1 heterocycles. The molecule has 3 rings (SSSR count). The fraction of sp³-hybridized carbons (Fsp3) is 0.211. The van der Waals surface area contributed by atoms with E-state index in [0.29, 0.717) is 24.6 Å². The van der Waals surface area contributed by atoms with E-state index in [9.17, 15) is 4.79 Å². The Hall–Kier alpha value is -2.95. The van der Waals surface area contributed by atoms with Crippen LogP contribution in [0.15, 0.2) is 54.7 Å². The molecule has 0 bridgehead atoms. The third-order valence-electron chi connectivity index (χ3n) is 3.79. The topological polar surface area (TPSA) is 66.2 Å². The van der Waals surface area contributed by atoms with Crippen molar-refractivity contribution < 1.29 is 9.53 Å². The number of nitrogens with one attached hydrogen (secondary N) is 3. The molecule has 5 nitrogen and oxygen atoms in total. The molecule has 1 aromatic heterocycles. The minimum absolute atomic E-state index is 0.234. The average molecular weight is 323 g/mol. The van der Waals surface area contributed by atoms with Crippen LogP contribution in [0, 0.1) is 0 Å². The lowest BCUT2D eigenvalue weighted by atomic mass is 10.1. The maximum Gasteiger partial charge on any atom is 0.319 e. The molecule has 0 unspecified atom stereocenters. The Kier molecular flexibility index (Phi) is 5.01. The Morgan fingerprint density at radius 1 is 1.12 bits per heavy atom. The first-order chi connectivity index (χ1) is 11.8. The van der Waals surface area contributed by atoms with Crippen LogP contribution in [-0.4, -0.2) is 24.2 Å². The second-order valence-electron chi connectivity index (χ2n) is 5.42. The summed E-state index contributed by atoms with van der Waals surface area (Å²) in [5.41, 5.74) is 2.98. The van der Waals surface area contributed by atoms with E-state index in [4.69, 9.17) is 4.74 Å². The summed E-state index contributed by atoms with van der Waals surface area (Å²) in [5, 5.41) is 6.91. The molecule has 0 atom stereocenters. The summed E-state index contributed by atoms with van der Waals surface area (Å²) in [7, 11) is 0. The predicted octanol–water partition coefficient (Wildman–Crippen LogP) is 3.93. The minimum atomic E-state index is -0.234. The standard InChI is InChI=1S/C19H21N3O2/c1-2-24-18-10-6-5-9-17(18)22-19(23)20-12-11-14-13-21-16-8-4-3-7-15(14)16/h3-10,13,21H,2,11-12H2,1H3,(H2,20,22,23). The van der Waals surface area contributed by atoms with Crippen molar-refractivity contribution in [1.29, 1.82) is 0 Å². The van der Waals surface area contributed by atoms with Crippen LogP contribution in [0.25, 0.3) is 10.9 Å². The van der Waals surface area contributed by atoms with Crippen LogP contribution >= 0.6 is 0 Å². The van der Waals surface area contributed by atoms with Crippen molar-refractivity contribution in [1.82, 2.24) is 10.3 Å². The van der Waals surface area contributed by atoms with Crippen molar-refractivity contribution in [3.05, 3.63) is 60.3 Å². The quantitative estimate of drug-likeness (QED) is 0.643. The van der Waals surface area contributed by atoms with Crippen molar-refractivity contribution in [3.8, 4) is 5.75 Å². The average Bonchev–Trinajstić information content (AvgIpc) is 3.00. The van der Waals surface area contributed by atoms with Gasteiger partial charge in [-0.15, -0.1) is 0 Å². The number of aromatic amines is 1. The lowest BCUT2D eigenvalue weighted by Gasteiger charge is -2.12. The van der Waals surface area contributed by atoms with Crippen LogP contribution in [-0.2, 0) is 6.42 Å². The summed E-state index contributed by atoms with van der Waals surface area (Å²) in [5.74, 6) is 0.673. The molecule has 0 fully saturated rings. The number of anilines is 1. The number of benzene rings is 2. The van der Waals surface area contributed by atoms with Gasteiger partial charge in [-0.05, 0) is 37.1 Å². The molecule has 5 heteroatoms. The lowest BCUT2D eigenvalue weighted by Crippen LogP contribution is -2.30. The third kappa shape index (κ3) is 3.68. The third-order valence-corrected chi connectivity index (χ3v) is 3.79. The van der Waals surface area contributed by atoms with Gasteiger partial charge in [0, 0.05) is 23.6 Å². The summed E-state index contributed by atoms with van der Waals surface area (Å²) in [6.07, 6.45) is 2.76. The van der Waals surface area contributed by atoms with Crippen LogP contribution in [0.5, 0.6) is 5.75 Å². The van der Waals surface area contributed by atoms with E-state index in [1.807, 2.05) is 55.6 Å². The Bertz CT molecular complexity index is 826. The maximum atomic E-state index is 12.1. The fourth-order valence-corrected chi connectivity index (χ4v) is 2.67. The van der Waals surface area contributed by atoms with Crippen LogP contribution in [0.4, 0.5) is 10.5 Å². The Balaban J connectivity index is 1.55. The number of aromatic nitrogens is 1. The number of rotatable bonds is 6. The second kappa shape index (κ2) is 7.55. The molecule has 2 amide bonds. The molecular weight excluding hydrogens is 302 g/mol. The molecule has 2 aromatic carbocycles. The molecule has 3 aromatic rings. The van der Waals surface area contributed by atoms with Gasteiger partial charge in [0.15, 0.2) is 0 Å². The first kappa shape index (κ1) is 15.9. The number of carbonyl (C=O) groups excluding carboxylic acids is 1. The van der Waals surface area contributed by atoms with Crippen molar-refractivity contribution >= 4 is 22.6 Å². The van der Waals surface area contributed by atoms with E-state index in [2.05, 4.69) is 21.7 Å². The van der Waals surface area contributed by atoms with E-state index >= 15 is 0 Å². The second-order valence-corrected chi connectivity index (χ2v) is 5.42. The smallest absolute Gasteiger partial charge is 0.319 e. The van der Waals surface area contributed by atoms with E-state index in [1.54, 1.807) is 0 Å². The van der Waals surface area contributed by atoms with Crippen molar-refractivity contribution in [2.45, 2.75) is 13.3 Å². The highest BCUT2D eigenvalue weighted by molar-refractivity contribution is 5.91. The minimum Gasteiger partial charge on any atom is -0.492 e. The number of hydrogen-bond acceptors (Lipinski definition) is 2. The maximum absolute atomic E-state index is 12.1. The van der Waals surface area contributed by atoms with Gasteiger partial charge < -0.3 is 20.4 Å². The Morgan fingerprint density at radius 3 is 2.79 bits per heavy atom. The highest BCUT2D eigenvalue weighted by Crippen LogP contribution is 2.23. The molecule has 0 saturated carbocycles. The van der Waals surface area contributed by atoms with Gasteiger partial charge in [-0.1, -0.05) is 30.3 Å². The number of H-pyrrole nitrogens is 1. The fourth-order valence-electron chi connectivity index (χ4n) is 2.67. The predicted molar refractivity (Wildman–Crippen MR) is 96.6 cm³/mol. The normalized spacial score (nSPS) is 10.5. The van der Waals surface area contributed by atoms with Crippen molar-refractivity contribution in [2.24, 2.45) is 0 Å². The Morgan fingerprint density at radius 2 is 1.92 bits per heavy atom. The largest absolute Gasteiger partial charge is 0.492 e. The zero-order chi connectivity index (χ0) is 16.8. The first-order valence-electron chi connectivity index (χ1n) is 8.09. The number of ether oxygens (including phenoxy) is 1. The number of amides is 2. The highest BCUT2D eigenvalue weighted by atomic mass is 16.5. The van der Waals surface area contributed by atoms with Gasteiger partial charge in [0.25, 0.3) is 0 Å². The van der Waals surface area contributed by atoms with E-state index in [0.717, 1.165) is 11.9 Å². The lowest BCUT2D eigenvalue weighted by molar-refractivity contribution is 0.252.